The molecular weight excluding hydrogens is 202 g/mol. The maximum atomic E-state index is 11.3. The quantitative estimate of drug-likeness (QED) is 0.535. The molecule has 1 rings (SSSR count). The van der Waals surface area contributed by atoms with E-state index < -0.39 is 29.9 Å². The Bertz CT molecular complexity index is 304. The average molecular weight is 215 g/mol. The summed E-state index contributed by atoms with van der Waals surface area (Å²) in [4.78, 5) is 34.1. The third-order valence-electron chi connectivity index (χ3n) is 2.30. The zero-order chi connectivity index (χ0) is 11.6. The van der Waals surface area contributed by atoms with Crippen molar-refractivity contribution >= 4 is 17.9 Å². The molecule has 15 heavy (non-hydrogen) atoms. The lowest BCUT2D eigenvalue weighted by molar-refractivity contribution is -0.139. The molecule has 0 saturated carbocycles. The molecule has 7 nitrogen and oxygen atoms in total. The Morgan fingerprint density at radius 2 is 2.33 bits per heavy atom. The zero-order valence-electron chi connectivity index (χ0n) is 8.27. The number of carboxylic acids is 1. The number of urea groups is 1. The predicted molar refractivity (Wildman–Crippen MR) is 49.9 cm³/mol. The number of carbonyl (C=O) groups is 3. The fourth-order valence-electron chi connectivity index (χ4n) is 1.39. The maximum Gasteiger partial charge on any atom is 0.323 e. The standard InChI is InChI=1S/C8H13N3O4/c1-11-3-4(2-5(9)7(13)14)6(12)10-8(11)15/h4-5H,2-3,9H2,1H3,(H,13,14)(H,10,12,15)/t4-,5+/m1/s1. The van der Waals surface area contributed by atoms with Crippen molar-refractivity contribution in [2.45, 2.75) is 12.5 Å². The lowest BCUT2D eigenvalue weighted by Gasteiger charge is -2.29. The van der Waals surface area contributed by atoms with Gasteiger partial charge < -0.3 is 15.7 Å². The topological polar surface area (TPSA) is 113 Å². The van der Waals surface area contributed by atoms with Gasteiger partial charge >= 0.3 is 12.0 Å². The van der Waals surface area contributed by atoms with Gasteiger partial charge in [-0.05, 0) is 6.42 Å². The molecule has 0 spiro atoms. The minimum Gasteiger partial charge on any atom is -0.480 e. The number of carbonyl (C=O) groups excluding carboxylic acids is 2. The van der Waals surface area contributed by atoms with Crippen LogP contribution in [0.2, 0.25) is 0 Å². The summed E-state index contributed by atoms with van der Waals surface area (Å²) in [6.07, 6.45) is 0.0266. The number of nitrogens with two attached hydrogens (primary N) is 1. The number of amides is 3. The number of hydrogen-bond donors (Lipinski definition) is 3. The van der Waals surface area contributed by atoms with Crippen LogP contribution in [0, 0.1) is 5.92 Å². The molecule has 1 heterocycles. The molecule has 0 radical (unpaired) electrons. The minimum absolute atomic E-state index is 0.0266. The number of aliphatic carboxylic acids is 1. The first kappa shape index (κ1) is 11.4. The van der Waals surface area contributed by atoms with E-state index in [9.17, 15) is 14.4 Å². The summed E-state index contributed by atoms with van der Waals surface area (Å²) >= 11 is 0. The van der Waals surface area contributed by atoms with Crippen molar-refractivity contribution < 1.29 is 19.5 Å². The molecule has 0 unspecified atom stereocenters. The van der Waals surface area contributed by atoms with Gasteiger partial charge in [0.05, 0.1) is 5.92 Å². The van der Waals surface area contributed by atoms with E-state index in [0.717, 1.165) is 0 Å². The molecule has 1 fully saturated rings. The van der Waals surface area contributed by atoms with Gasteiger partial charge in [0, 0.05) is 13.6 Å². The highest BCUT2D eigenvalue weighted by atomic mass is 16.4. The largest absolute Gasteiger partial charge is 0.480 e. The van der Waals surface area contributed by atoms with Gasteiger partial charge in [0.1, 0.15) is 6.04 Å². The molecular formula is C8H13N3O4. The first-order valence-corrected chi connectivity index (χ1v) is 4.46. The number of nitrogens with zero attached hydrogens (tertiary/aromatic N) is 1. The van der Waals surface area contributed by atoms with Crippen molar-refractivity contribution in [1.29, 1.82) is 0 Å². The van der Waals surface area contributed by atoms with Crippen LogP contribution in [0.15, 0.2) is 0 Å². The van der Waals surface area contributed by atoms with Crippen molar-refractivity contribution in [3.63, 3.8) is 0 Å². The van der Waals surface area contributed by atoms with Crippen molar-refractivity contribution in [2.24, 2.45) is 11.7 Å². The van der Waals surface area contributed by atoms with Crippen molar-refractivity contribution in [1.82, 2.24) is 10.2 Å². The third-order valence-corrected chi connectivity index (χ3v) is 2.30. The molecule has 0 aromatic heterocycles. The van der Waals surface area contributed by atoms with Gasteiger partial charge in [0.25, 0.3) is 0 Å². The van der Waals surface area contributed by atoms with E-state index in [2.05, 4.69) is 5.32 Å². The van der Waals surface area contributed by atoms with Gasteiger partial charge in [-0.2, -0.15) is 0 Å². The summed E-state index contributed by atoms with van der Waals surface area (Å²) in [5, 5.41) is 10.7. The Labute approximate surface area is 86.2 Å². The first-order chi connectivity index (χ1) is 6.91. The molecule has 0 aromatic carbocycles. The van der Waals surface area contributed by atoms with Crippen molar-refractivity contribution in [3.8, 4) is 0 Å². The Balaban J connectivity index is 2.59. The fourth-order valence-corrected chi connectivity index (χ4v) is 1.39. The van der Waals surface area contributed by atoms with Crippen LogP contribution in [0.4, 0.5) is 4.79 Å². The van der Waals surface area contributed by atoms with Crippen molar-refractivity contribution in [3.05, 3.63) is 0 Å². The minimum atomic E-state index is -1.15. The van der Waals surface area contributed by atoms with Gasteiger partial charge in [-0.15, -0.1) is 0 Å². The maximum absolute atomic E-state index is 11.3. The van der Waals surface area contributed by atoms with E-state index in [1.54, 1.807) is 0 Å². The molecule has 4 N–H and O–H groups in total. The molecule has 3 amide bonds. The lowest BCUT2D eigenvalue weighted by atomic mass is 9.97. The highest BCUT2D eigenvalue weighted by Gasteiger charge is 2.32. The molecule has 1 aliphatic heterocycles. The van der Waals surface area contributed by atoms with E-state index in [0.29, 0.717) is 0 Å². The summed E-state index contributed by atoms with van der Waals surface area (Å²) in [6, 6.07) is -1.55. The zero-order valence-corrected chi connectivity index (χ0v) is 8.27. The second-order valence-corrected chi connectivity index (χ2v) is 3.55. The SMILES string of the molecule is CN1C[C@@H](C[C@H](N)C(=O)O)C(=O)NC1=O. The molecule has 0 aromatic rings. The number of imide groups is 1. The second-order valence-electron chi connectivity index (χ2n) is 3.55. The van der Waals surface area contributed by atoms with Crippen LogP contribution >= 0.6 is 0 Å². The Morgan fingerprint density at radius 3 is 2.87 bits per heavy atom. The van der Waals surface area contributed by atoms with E-state index in [4.69, 9.17) is 10.8 Å². The highest BCUT2D eigenvalue weighted by molar-refractivity contribution is 5.98. The number of rotatable bonds is 3. The first-order valence-electron chi connectivity index (χ1n) is 4.46. The molecule has 2 atom stereocenters. The van der Waals surface area contributed by atoms with Crippen LogP contribution in [-0.2, 0) is 9.59 Å². The van der Waals surface area contributed by atoms with Crippen LogP contribution in [0.5, 0.6) is 0 Å². The molecule has 1 aliphatic rings. The highest BCUT2D eigenvalue weighted by Crippen LogP contribution is 2.12. The Morgan fingerprint density at radius 1 is 1.73 bits per heavy atom. The van der Waals surface area contributed by atoms with E-state index in [1.165, 1.54) is 11.9 Å². The van der Waals surface area contributed by atoms with Gasteiger partial charge in [-0.25, -0.2) is 4.79 Å². The van der Waals surface area contributed by atoms with Crippen LogP contribution < -0.4 is 11.1 Å². The van der Waals surface area contributed by atoms with Crippen LogP contribution in [0.25, 0.3) is 0 Å². The molecule has 7 heteroatoms. The van der Waals surface area contributed by atoms with Gasteiger partial charge in [0.15, 0.2) is 0 Å². The Hall–Kier alpha value is -1.63. The van der Waals surface area contributed by atoms with E-state index in [1.807, 2.05) is 0 Å². The Kier molecular flexibility index (Phi) is 3.25. The fraction of sp³-hybridized carbons (Fsp3) is 0.625. The number of hydrogen-bond acceptors (Lipinski definition) is 4. The van der Waals surface area contributed by atoms with Gasteiger partial charge in [-0.1, -0.05) is 0 Å². The molecule has 1 saturated heterocycles. The normalized spacial score (nSPS) is 23.6. The summed E-state index contributed by atoms with van der Waals surface area (Å²) in [5.74, 6) is -2.17. The lowest BCUT2D eigenvalue weighted by Crippen LogP contribution is -2.54. The summed E-state index contributed by atoms with van der Waals surface area (Å²) < 4.78 is 0. The molecule has 84 valence electrons. The monoisotopic (exact) mass is 215 g/mol. The van der Waals surface area contributed by atoms with Gasteiger partial charge in [-0.3, -0.25) is 14.9 Å². The van der Waals surface area contributed by atoms with Crippen LogP contribution in [-0.4, -0.2) is 47.5 Å². The van der Waals surface area contributed by atoms with Crippen LogP contribution in [0.1, 0.15) is 6.42 Å². The number of carboxylic acid groups (broad SMARTS) is 1. The van der Waals surface area contributed by atoms with E-state index >= 15 is 0 Å². The third kappa shape index (κ3) is 2.66. The van der Waals surface area contributed by atoms with E-state index in [-0.39, 0.29) is 13.0 Å². The van der Waals surface area contributed by atoms with Gasteiger partial charge in [0.2, 0.25) is 5.91 Å². The smallest absolute Gasteiger partial charge is 0.323 e. The number of nitrogens with one attached hydrogen (secondary N) is 1. The average Bonchev–Trinajstić information content (AvgIpc) is 2.13. The summed E-state index contributed by atoms with van der Waals surface area (Å²) in [6.45, 7) is 0.200. The summed E-state index contributed by atoms with van der Waals surface area (Å²) in [5.41, 5.74) is 5.31. The van der Waals surface area contributed by atoms with Crippen molar-refractivity contribution in [2.75, 3.05) is 13.6 Å². The molecule has 0 bridgehead atoms. The second kappa shape index (κ2) is 4.26. The molecule has 0 aliphatic carbocycles. The van der Waals surface area contributed by atoms with Crippen LogP contribution in [0.3, 0.4) is 0 Å². The summed E-state index contributed by atoms with van der Waals surface area (Å²) in [7, 11) is 1.53. The predicted octanol–water partition coefficient (Wildman–Crippen LogP) is -1.41.